The maximum Gasteiger partial charge on any atom is 0.259 e. The average Bonchev–Trinajstić information content (AvgIpc) is 2.26. The molecule has 0 saturated heterocycles. The third kappa shape index (κ3) is 3.14. The molecule has 0 bridgehead atoms. The van der Waals surface area contributed by atoms with E-state index >= 15 is 0 Å². The van der Waals surface area contributed by atoms with Crippen LogP contribution < -0.4 is 10.5 Å². The summed E-state index contributed by atoms with van der Waals surface area (Å²) in [5.41, 5.74) is 5.67. The number of rotatable bonds is 4. The number of hydrogen-bond acceptors (Lipinski definition) is 3. The number of carbonyl (C=O) groups excluding carboxylic acids is 1. The predicted octanol–water partition coefficient (Wildman–Crippen LogP) is 1.48. The third-order valence-electron chi connectivity index (χ3n) is 1.87. The number of carbonyl (C=O) groups is 1. The third-order valence-corrected chi connectivity index (χ3v) is 1.87. The minimum absolute atomic E-state index is 0.0753. The highest BCUT2D eigenvalue weighted by molar-refractivity contribution is 6.00. The van der Waals surface area contributed by atoms with Gasteiger partial charge in [0.1, 0.15) is 17.4 Å². The molecule has 4 heteroatoms. The molecule has 0 saturated carbocycles. The average molecular weight is 216 g/mol. The van der Waals surface area contributed by atoms with Crippen molar-refractivity contribution in [3.8, 4) is 11.8 Å². The van der Waals surface area contributed by atoms with Gasteiger partial charge in [-0.15, -0.1) is 0 Å². The first-order valence-corrected chi connectivity index (χ1v) is 4.82. The summed E-state index contributed by atoms with van der Waals surface area (Å²) in [7, 11) is 0. The van der Waals surface area contributed by atoms with E-state index in [1.807, 2.05) is 6.92 Å². The molecule has 0 spiro atoms. The molecule has 1 aromatic carbocycles. The molecule has 0 heterocycles. The van der Waals surface area contributed by atoms with Gasteiger partial charge in [-0.2, -0.15) is 5.26 Å². The second-order valence-electron chi connectivity index (χ2n) is 3.04. The Balaban J connectivity index is 3.01. The van der Waals surface area contributed by atoms with Gasteiger partial charge in [0.25, 0.3) is 5.91 Å². The second kappa shape index (κ2) is 5.56. The maximum absolute atomic E-state index is 10.8. The van der Waals surface area contributed by atoms with Gasteiger partial charge in [0.15, 0.2) is 0 Å². The van der Waals surface area contributed by atoms with Crippen LogP contribution in [0.2, 0.25) is 0 Å². The van der Waals surface area contributed by atoms with Gasteiger partial charge < -0.3 is 10.5 Å². The van der Waals surface area contributed by atoms with E-state index in [4.69, 9.17) is 15.7 Å². The summed E-state index contributed by atoms with van der Waals surface area (Å²) in [6.07, 6.45) is 1.44. The van der Waals surface area contributed by atoms with Crippen molar-refractivity contribution in [1.82, 2.24) is 0 Å². The highest BCUT2D eigenvalue weighted by Crippen LogP contribution is 2.15. The van der Waals surface area contributed by atoms with Crippen molar-refractivity contribution < 1.29 is 9.53 Å². The van der Waals surface area contributed by atoms with Gasteiger partial charge in [-0.1, -0.05) is 12.1 Å². The Morgan fingerprint density at radius 2 is 2.38 bits per heavy atom. The Morgan fingerprint density at radius 1 is 1.62 bits per heavy atom. The summed E-state index contributed by atoms with van der Waals surface area (Å²) < 4.78 is 5.29. The molecule has 1 rings (SSSR count). The van der Waals surface area contributed by atoms with Crippen molar-refractivity contribution in [3.05, 3.63) is 35.4 Å². The van der Waals surface area contributed by atoms with Gasteiger partial charge in [-0.3, -0.25) is 4.79 Å². The van der Waals surface area contributed by atoms with Crippen LogP contribution in [0.15, 0.2) is 29.8 Å². The van der Waals surface area contributed by atoms with Crippen molar-refractivity contribution in [1.29, 1.82) is 5.26 Å². The Morgan fingerprint density at radius 3 is 2.94 bits per heavy atom. The summed E-state index contributed by atoms with van der Waals surface area (Å²) in [6.45, 7) is 2.45. The van der Waals surface area contributed by atoms with Crippen LogP contribution in [0.5, 0.6) is 5.75 Å². The summed E-state index contributed by atoms with van der Waals surface area (Å²) >= 11 is 0. The Kier molecular flexibility index (Phi) is 4.10. The van der Waals surface area contributed by atoms with E-state index in [-0.39, 0.29) is 5.57 Å². The molecule has 1 aromatic rings. The molecule has 2 N–H and O–H groups in total. The quantitative estimate of drug-likeness (QED) is 0.611. The molecule has 0 aliphatic rings. The molecule has 4 nitrogen and oxygen atoms in total. The highest BCUT2D eigenvalue weighted by Gasteiger charge is 2.03. The summed E-state index contributed by atoms with van der Waals surface area (Å²) in [4.78, 5) is 10.8. The summed E-state index contributed by atoms with van der Waals surface area (Å²) in [5.74, 6) is -0.0395. The number of nitrogens with zero attached hydrogens (tertiary/aromatic N) is 1. The zero-order valence-electron chi connectivity index (χ0n) is 8.93. The molecule has 0 aliphatic carbocycles. The van der Waals surface area contributed by atoms with Crippen molar-refractivity contribution in [2.45, 2.75) is 6.92 Å². The first kappa shape index (κ1) is 11.8. The lowest BCUT2D eigenvalue weighted by molar-refractivity contribution is -0.114. The zero-order valence-corrected chi connectivity index (χ0v) is 8.93. The van der Waals surface area contributed by atoms with Gasteiger partial charge in [-0.25, -0.2) is 0 Å². The van der Waals surface area contributed by atoms with Gasteiger partial charge in [0.2, 0.25) is 0 Å². The molecule has 0 aromatic heterocycles. The SMILES string of the molecule is CCOc1cccc(C=C(C#N)C(N)=O)c1. The minimum atomic E-state index is -0.732. The lowest BCUT2D eigenvalue weighted by Gasteiger charge is -2.03. The lowest BCUT2D eigenvalue weighted by Crippen LogP contribution is -2.12. The normalized spacial score (nSPS) is 10.6. The standard InChI is InChI=1S/C12H12N2O2/c1-2-16-11-5-3-4-9(7-11)6-10(8-13)12(14)15/h3-7H,2H2,1H3,(H2,14,15). The van der Waals surface area contributed by atoms with Gasteiger partial charge in [0.05, 0.1) is 6.61 Å². The first-order chi connectivity index (χ1) is 7.67. The van der Waals surface area contributed by atoms with E-state index in [2.05, 4.69) is 0 Å². The fraction of sp³-hybridized carbons (Fsp3) is 0.167. The van der Waals surface area contributed by atoms with Crippen LogP contribution in [0, 0.1) is 11.3 Å². The fourth-order valence-corrected chi connectivity index (χ4v) is 1.19. The van der Waals surface area contributed by atoms with Crippen LogP contribution in [-0.2, 0) is 4.79 Å². The lowest BCUT2D eigenvalue weighted by atomic mass is 10.1. The zero-order chi connectivity index (χ0) is 12.0. The number of hydrogen-bond donors (Lipinski definition) is 1. The van der Waals surface area contributed by atoms with Crippen LogP contribution in [0.1, 0.15) is 12.5 Å². The number of benzene rings is 1. The number of ether oxygens (including phenoxy) is 1. The molecule has 0 atom stereocenters. The van der Waals surface area contributed by atoms with Gasteiger partial charge >= 0.3 is 0 Å². The maximum atomic E-state index is 10.8. The number of nitrogens with two attached hydrogens (primary N) is 1. The van der Waals surface area contributed by atoms with Crippen LogP contribution in [0.3, 0.4) is 0 Å². The molecule has 0 aliphatic heterocycles. The monoisotopic (exact) mass is 216 g/mol. The van der Waals surface area contributed by atoms with E-state index in [9.17, 15) is 4.79 Å². The number of primary amides is 1. The summed E-state index contributed by atoms with van der Waals surface area (Å²) in [5, 5.41) is 8.68. The molecule has 0 fully saturated rings. The second-order valence-corrected chi connectivity index (χ2v) is 3.04. The van der Waals surface area contributed by atoms with Crippen LogP contribution in [-0.4, -0.2) is 12.5 Å². The van der Waals surface area contributed by atoms with E-state index < -0.39 is 5.91 Å². The fourth-order valence-electron chi connectivity index (χ4n) is 1.19. The Hall–Kier alpha value is -2.28. The summed E-state index contributed by atoms with van der Waals surface area (Å²) in [6, 6.07) is 8.84. The van der Waals surface area contributed by atoms with Crippen LogP contribution >= 0.6 is 0 Å². The number of nitriles is 1. The van der Waals surface area contributed by atoms with Crippen molar-refractivity contribution in [3.63, 3.8) is 0 Å². The molecule has 0 radical (unpaired) electrons. The predicted molar refractivity (Wildman–Crippen MR) is 60.4 cm³/mol. The molecule has 82 valence electrons. The van der Waals surface area contributed by atoms with E-state index in [0.717, 1.165) is 0 Å². The molecular formula is C12H12N2O2. The van der Waals surface area contributed by atoms with Crippen molar-refractivity contribution in [2.75, 3.05) is 6.61 Å². The largest absolute Gasteiger partial charge is 0.494 e. The molecule has 1 amide bonds. The van der Waals surface area contributed by atoms with E-state index in [0.29, 0.717) is 17.9 Å². The van der Waals surface area contributed by atoms with Gasteiger partial charge in [0, 0.05) is 0 Å². The van der Waals surface area contributed by atoms with Gasteiger partial charge in [-0.05, 0) is 30.7 Å². The minimum Gasteiger partial charge on any atom is -0.494 e. The Labute approximate surface area is 93.9 Å². The van der Waals surface area contributed by atoms with Crippen LogP contribution in [0.25, 0.3) is 6.08 Å². The van der Waals surface area contributed by atoms with Crippen molar-refractivity contribution >= 4 is 12.0 Å². The molecular weight excluding hydrogens is 204 g/mol. The number of amides is 1. The van der Waals surface area contributed by atoms with Crippen molar-refractivity contribution in [2.24, 2.45) is 5.73 Å². The topological polar surface area (TPSA) is 76.1 Å². The van der Waals surface area contributed by atoms with E-state index in [1.54, 1.807) is 30.3 Å². The molecule has 0 unspecified atom stereocenters. The highest BCUT2D eigenvalue weighted by atomic mass is 16.5. The first-order valence-electron chi connectivity index (χ1n) is 4.82. The van der Waals surface area contributed by atoms with Crippen LogP contribution in [0.4, 0.5) is 0 Å². The smallest absolute Gasteiger partial charge is 0.259 e. The Bertz CT molecular complexity index is 458. The molecule has 16 heavy (non-hydrogen) atoms. The van der Waals surface area contributed by atoms with E-state index in [1.165, 1.54) is 6.08 Å².